The van der Waals surface area contributed by atoms with Crippen LogP contribution in [0.3, 0.4) is 0 Å². The Kier molecular flexibility index (Phi) is 5.90. The molecule has 27 heavy (non-hydrogen) atoms. The molecular weight excluding hydrogens is 347 g/mol. The highest BCUT2D eigenvalue weighted by molar-refractivity contribution is 5.87. The minimum Gasteiger partial charge on any atom is -0.366 e. The van der Waals surface area contributed by atoms with Crippen LogP contribution >= 0.6 is 0 Å². The van der Waals surface area contributed by atoms with E-state index in [1.165, 1.54) is 6.07 Å². The molecule has 1 unspecified atom stereocenters. The van der Waals surface area contributed by atoms with Crippen molar-refractivity contribution in [3.63, 3.8) is 0 Å². The van der Waals surface area contributed by atoms with Crippen molar-refractivity contribution < 1.29 is 14.0 Å². The monoisotopic (exact) mass is 370 g/mol. The van der Waals surface area contributed by atoms with Gasteiger partial charge in [0.05, 0.1) is 5.69 Å². The Morgan fingerprint density at radius 2 is 1.63 bits per heavy atom. The van der Waals surface area contributed by atoms with E-state index < -0.39 is 12.1 Å². The second-order valence-corrected chi connectivity index (χ2v) is 6.51. The molecule has 1 fully saturated rings. The van der Waals surface area contributed by atoms with Crippen molar-refractivity contribution in [3.8, 4) is 0 Å². The van der Waals surface area contributed by atoms with Crippen molar-refractivity contribution in [1.29, 1.82) is 0 Å². The van der Waals surface area contributed by atoms with E-state index in [0.717, 1.165) is 5.56 Å². The molecule has 0 spiro atoms. The van der Waals surface area contributed by atoms with Crippen LogP contribution in [-0.4, -0.2) is 49.1 Å². The fraction of sp³-hybridized carbons (Fsp3) is 0.300. The summed E-state index contributed by atoms with van der Waals surface area (Å²) in [5, 5.41) is 2.55. The van der Waals surface area contributed by atoms with Crippen LogP contribution in [0.1, 0.15) is 5.56 Å². The number of nitrogens with one attached hydrogen (secondary N) is 1. The van der Waals surface area contributed by atoms with Crippen LogP contribution in [0.25, 0.3) is 0 Å². The quantitative estimate of drug-likeness (QED) is 0.842. The fourth-order valence-corrected chi connectivity index (χ4v) is 3.32. The van der Waals surface area contributed by atoms with Gasteiger partial charge in [-0.2, -0.15) is 0 Å². The first-order valence-corrected chi connectivity index (χ1v) is 8.93. The molecule has 3 N–H and O–H groups in total. The van der Waals surface area contributed by atoms with E-state index in [1.54, 1.807) is 23.1 Å². The number of amides is 3. The third kappa shape index (κ3) is 4.75. The number of anilines is 1. The normalized spacial score (nSPS) is 15.3. The minimum absolute atomic E-state index is 0.175. The molecule has 142 valence electrons. The smallest absolute Gasteiger partial charge is 0.312 e. The van der Waals surface area contributed by atoms with Gasteiger partial charge in [-0.1, -0.05) is 42.5 Å². The number of hydrogen-bond donors (Lipinski definition) is 2. The van der Waals surface area contributed by atoms with Crippen LogP contribution < -0.4 is 16.0 Å². The van der Waals surface area contributed by atoms with Crippen LogP contribution in [0.2, 0.25) is 0 Å². The second kappa shape index (κ2) is 8.53. The summed E-state index contributed by atoms with van der Waals surface area (Å²) in [5.74, 6) is -0.444. The third-order valence-corrected chi connectivity index (χ3v) is 4.68. The van der Waals surface area contributed by atoms with Crippen molar-refractivity contribution in [2.75, 3.05) is 31.1 Å². The molecule has 1 aliphatic heterocycles. The molecule has 7 heteroatoms. The molecule has 0 bridgehead atoms. The Balaban J connectivity index is 1.65. The molecule has 1 atom stereocenters. The maximum atomic E-state index is 14.0. The summed E-state index contributed by atoms with van der Waals surface area (Å²) < 4.78 is 14.0. The van der Waals surface area contributed by atoms with E-state index in [4.69, 9.17) is 5.73 Å². The van der Waals surface area contributed by atoms with E-state index in [1.807, 2.05) is 35.2 Å². The SMILES string of the molecule is NC(=O)NC(Cc1ccccc1)C(=O)N1CCN(c2ccccc2F)CC1. The number of primary amides is 1. The molecule has 1 heterocycles. The summed E-state index contributed by atoms with van der Waals surface area (Å²) in [5.41, 5.74) is 6.74. The number of nitrogens with two attached hydrogens (primary N) is 1. The maximum Gasteiger partial charge on any atom is 0.312 e. The summed E-state index contributed by atoms with van der Waals surface area (Å²) in [7, 11) is 0. The third-order valence-electron chi connectivity index (χ3n) is 4.68. The number of benzene rings is 2. The fourth-order valence-electron chi connectivity index (χ4n) is 3.32. The van der Waals surface area contributed by atoms with Crippen LogP contribution in [-0.2, 0) is 11.2 Å². The highest BCUT2D eigenvalue weighted by Crippen LogP contribution is 2.20. The number of carbonyl (C=O) groups excluding carboxylic acids is 2. The molecule has 3 rings (SSSR count). The summed E-state index contributed by atoms with van der Waals surface area (Å²) >= 11 is 0. The van der Waals surface area contributed by atoms with Gasteiger partial charge >= 0.3 is 6.03 Å². The lowest BCUT2D eigenvalue weighted by molar-refractivity contribution is -0.133. The molecular formula is C20H23FN4O2. The predicted molar refractivity (Wildman–Crippen MR) is 102 cm³/mol. The zero-order valence-electron chi connectivity index (χ0n) is 15.0. The zero-order chi connectivity index (χ0) is 19.2. The van der Waals surface area contributed by atoms with Gasteiger partial charge in [0.15, 0.2) is 0 Å². The number of halogens is 1. The van der Waals surface area contributed by atoms with Gasteiger partial charge in [-0.15, -0.1) is 0 Å². The number of rotatable bonds is 5. The first-order valence-electron chi connectivity index (χ1n) is 8.93. The van der Waals surface area contributed by atoms with E-state index in [0.29, 0.717) is 38.3 Å². The predicted octanol–water partition coefficient (Wildman–Crippen LogP) is 1.75. The van der Waals surface area contributed by atoms with E-state index in [9.17, 15) is 14.0 Å². The van der Waals surface area contributed by atoms with Gasteiger partial charge in [-0.3, -0.25) is 4.79 Å². The molecule has 0 saturated carbocycles. The summed E-state index contributed by atoms with van der Waals surface area (Å²) in [4.78, 5) is 27.9. The summed E-state index contributed by atoms with van der Waals surface area (Å²) in [6, 6.07) is 14.6. The van der Waals surface area contributed by atoms with Crippen molar-refractivity contribution in [1.82, 2.24) is 10.2 Å². The molecule has 0 aromatic heterocycles. The molecule has 1 saturated heterocycles. The lowest BCUT2D eigenvalue weighted by Crippen LogP contribution is -2.56. The highest BCUT2D eigenvalue weighted by Gasteiger charge is 2.29. The molecule has 3 amide bonds. The Labute approximate surface area is 157 Å². The average molecular weight is 370 g/mol. The molecule has 1 aliphatic rings. The first kappa shape index (κ1) is 18.7. The van der Waals surface area contributed by atoms with Crippen molar-refractivity contribution in [2.24, 2.45) is 5.73 Å². The van der Waals surface area contributed by atoms with Crippen molar-refractivity contribution in [2.45, 2.75) is 12.5 Å². The summed E-state index contributed by atoms with van der Waals surface area (Å²) in [6.45, 7) is 1.97. The Bertz CT molecular complexity index is 792. The minimum atomic E-state index is -0.728. The summed E-state index contributed by atoms with van der Waals surface area (Å²) in [6.07, 6.45) is 0.371. The van der Waals surface area contributed by atoms with Gasteiger partial charge in [0.2, 0.25) is 5.91 Å². The lowest BCUT2D eigenvalue weighted by Gasteiger charge is -2.37. The van der Waals surface area contributed by atoms with Crippen molar-refractivity contribution in [3.05, 3.63) is 66.0 Å². The van der Waals surface area contributed by atoms with E-state index in [2.05, 4.69) is 5.32 Å². The Morgan fingerprint density at radius 3 is 2.26 bits per heavy atom. The average Bonchev–Trinajstić information content (AvgIpc) is 2.68. The second-order valence-electron chi connectivity index (χ2n) is 6.51. The molecule has 0 aliphatic carbocycles. The van der Waals surface area contributed by atoms with Gasteiger partial charge in [-0.05, 0) is 17.7 Å². The van der Waals surface area contributed by atoms with E-state index >= 15 is 0 Å². The van der Waals surface area contributed by atoms with Gasteiger partial charge in [-0.25, -0.2) is 9.18 Å². The van der Waals surface area contributed by atoms with Gasteiger partial charge in [0.25, 0.3) is 0 Å². The number of urea groups is 1. The molecule has 6 nitrogen and oxygen atoms in total. The highest BCUT2D eigenvalue weighted by atomic mass is 19.1. The van der Waals surface area contributed by atoms with Gasteiger partial charge in [0, 0.05) is 32.6 Å². The van der Waals surface area contributed by atoms with Crippen LogP contribution in [0.5, 0.6) is 0 Å². The standard InChI is InChI=1S/C20H23FN4O2/c21-16-8-4-5-9-18(16)24-10-12-25(13-11-24)19(26)17(23-20(22)27)14-15-6-2-1-3-7-15/h1-9,17H,10-14H2,(H3,22,23,27). The van der Waals surface area contributed by atoms with Gasteiger partial charge in [0.1, 0.15) is 11.9 Å². The lowest BCUT2D eigenvalue weighted by atomic mass is 10.0. The zero-order valence-corrected chi connectivity index (χ0v) is 15.0. The number of piperazine rings is 1. The first-order chi connectivity index (χ1) is 13.0. The molecule has 2 aromatic rings. The largest absolute Gasteiger partial charge is 0.366 e. The number of hydrogen-bond acceptors (Lipinski definition) is 3. The van der Waals surface area contributed by atoms with Crippen molar-refractivity contribution >= 4 is 17.6 Å². The maximum absolute atomic E-state index is 14.0. The molecule has 0 radical (unpaired) electrons. The number of carbonyl (C=O) groups is 2. The Morgan fingerprint density at radius 1 is 1.00 bits per heavy atom. The van der Waals surface area contributed by atoms with Crippen LogP contribution in [0.15, 0.2) is 54.6 Å². The number of para-hydroxylation sites is 1. The number of nitrogens with zero attached hydrogens (tertiary/aromatic N) is 2. The Hall–Kier alpha value is -3.09. The molecule has 2 aromatic carbocycles. The van der Waals surface area contributed by atoms with Crippen LogP contribution in [0, 0.1) is 5.82 Å². The van der Waals surface area contributed by atoms with Gasteiger partial charge < -0.3 is 20.9 Å². The topological polar surface area (TPSA) is 78.7 Å². The van der Waals surface area contributed by atoms with E-state index in [-0.39, 0.29) is 11.7 Å². The van der Waals surface area contributed by atoms with Crippen LogP contribution in [0.4, 0.5) is 14.9 Å².